The van der Waals surface area contributed by atoms with Crippen LogP contribution in [0.25, 0.3) is 0 Å². The molecule has 0 bridgehead atoms. The fourth-order valence-corrected chi connectivity index (χ4v) is 1.73. The molecule has 0 fully saturated rings. The van der Waals surface area contributed by atoms with Crippen LogP contribution in [0.2, 0.25) is 10.0 Å². The maximum atomic E-state index is 10.9. The minimum Gasteiger partial charge on any atom is -0.370 e. The number of benzene rings is 1. The average molecular weight is 303 g/mol. The van der Waals surface area contributed by atoms with Crippen molar-refractivity contribution in [2.45, 2.75) is 13.5 Å². The van der Waals surface area contributed by atoms with Gasteiger partial charge in [-0.3, -0.25) is 10.1 Å². The molecule has 1 aromatic carbocycles. The number of hydrogen-bond donors (Lipinski definition) is 1. The fraction of sp³-hybridized carbons (Fsp3) is 0.200. The van der Waals surface area contributed by atoms with Crippen molar-refractivity contribution in [1.29, 1.82) is 0 Å². The first-order valence-electron chi connectivity index (χ1n) is 5.14. The number of aromatic nitrogens is 2. The molecule has 0 unspecified atom stereocenters. The third kappa shape index (κ3) is 3.12. The summed E-state index contributed by atoms with van der Waals surface area (Å²) in [5.74, 6) is 0.804. The van der Waals surface area contributed by atoms with Gasteiger partial charge in [-0.15, -0.1) is 0 Å². The number of nitro groups is 1. The molecule has 0 spiro atoms. The molecule has 0 aliphatic rings. The molecule has 0 aliphatic carbocycles. The van der Waals surface area contributed by atoms with E-state index in [2.05, 4.69) is 15.5 Å². The van der Waals surface area contributed by atoms with E-state index in [1.807, 2.05) is 0 Å². The van der Waals surface area contributed by atoms with Crippen molar-refractivity contribution >= 4 is 34.6 Å². The highest BCUT2D eigenvalue weighted by atomic mass is 35.5. The molecule has 100 valence electrons. The molecule has 1 heterocycles. The maximum absolute atomic E-state index is 10.9. The van der Waals surface area contributed by atoms with Gasteiger partial charge >= 0.3 is 0 Å². The lowest BCUT2D eigenvalue weighted by molar-refractivity contribution is -0.383. The van der Waals surface area contributed by atoms with E-state index >= 15 is 0 Å². The molecule has 2 rings (SSSR count). The van der Waals surface area contributed by atoms with Gasteiger partial charge in [-0.05, 0) is 13.0 Å². The van der Waals surface area contributed by atoms with Crippen LogP contribution in [0, 0.1) is 17.0 Å². The minimum atomic E-state index is -0.552. The van der Waals surface area contributed by atoms with Crippen LogP contribution in [0.15, 0.2) is 16.7 Å². The third-order valence-corrected chi connectivity index (χ3v) is 2.96. The van der Waals surface area contributed by atoms with Gasteiger partial charge in [0.1, 0.15) is 5.69 Å². The Labute approximate surface area is 117 Å². The van der Waals surface area contributed by atoms with Gasteiger partial charge in [0, 0.05) is 6.07 Å². The zero-order valence-corrected chi connectivity index (χ0v) is 11.2. The van der Waals surface area contributed by atoms with Gasteiger partial charge in [0.2, 0.25) is 5.89 Å². The standard InChI is InChI=1S/C10H8Cl2N4O3/c1-5-14-10(19-15-5)4-13-8-2-6(11)7(12)3-9(8)16(17)18/h2-3,13H,4H2,1H3. The molecule has 7 nitrogen and oxygen atoms in total. The number of anilines is 1. The summed E-state index contributed by atoms with van der Waals surface area (Å²) in [6, 6.07) is 2.57. The first-order chi connectivity index (χ1) is 8.97. The van der Waals surface area contributed by atoms with Crippen LogP contribution in [0.5, 0.6) is 0 Å². The number of rotatable bonds is 4. The first-order valence-corrected chi connectivity index (χ1v) is 5.89. The van der Waals surface area contributed by atoms with E-state index in [1.165, 1.54) is 12.1 Å². The Morgan fingerprint density at radius 3 is 2.68 bits per heavy atom. The van der Waals surface area contributed by atoms with E-state index in [4.69, 9.17) is 27.7 Å². The van der Waals surface area contributed by atoms with Crippen molar-refractivity contribution in [3.63, 3.8) is 0 Å². The summed E-state index contributed by atoms with van der Waals surface area (Å²) >= 11 is 11.6. The highest BCUT2D eigenvalue weighted by molar-refractivity contribution is 6.42. The molecule has 0 radical (unpaired) electrons. The molecule has 9 heteroatoms. The van der Waals surface area contributed by atoms with E-state index in [1.54, 1.807) is 6.92 Å². The van der Waals surface area contributed by atoms with Gasteiger partial charge in [-0.2, -0.15) is 4.98 Å². The lowest BCUT2D eigenvalue weighted by atomic mass is 10.2. The zero-order chi connectivity index (χ0) is 14.0. The fourth-order valence-electron chi connectivity index (χ4n) is 1.41. The second-order valence-corrected chi connectivity index (χ2v) is 4.44. The van der Waals surface area contributed by atoms with Crippen LogP contribution < -0.4 is 5.32 Å². The summed E-state index contributed by atoms with van der Waals surface area (Å²) in [7, 11) is 0. The summed E-state index contributed by atoms with van der Waals surface area (Å²) in [6.07, 6.45) is 0. The number of nitro benzene ring substituents is 1. The first kappa shape index (κ1) is 13.6. The molecule has 0 aliphatic heterocycles. The largest absolute Gasteiger partial charge is 0.370 e. The Kier molecular flexibility index (Phi) is 3.87. The quantitative estimate of drug-likeness (QED) is 0.688. The van der Waals surface area contributed by atoms with Crippen molar-refractivity contribution in [3.05, 3.63) is 44.0 Å². The average Bonchev–Trinajstić information content (AvgIpc) is 2.76. The summed E-state index contributed by atoms with van der Waals surface area (Å²) in [4.78, 5) is 14.3. The van der Waals surface area contributed by atoms with Crippen molar-refractivity contribution in [2.75, 3.05) is 5.32 Å². The SMILES string of the molecule is Cc1noc(CNc2cc(Cl)c(Cl)cc2[N+](=O)[O-])n1. The van der Waals surface area contributed by atoms with Gasteiger partial charge in [0.25, 0.3) is 5.69 Å². The van der Waals surface area contributed by atoms with E-state index in [9.17, 15) is 10.1 Å². The Balaban J connectivity index is 2.23. The monoisotopic (exact) mass is 302 g/mol. The van der Waals surface area contributed by atoms with Gasteiger partial charge in [0.15, 0.2) is 5.82 Å². The molecule has 1 aromatic heterocycles. The van der Waals surface area contributed by atoms with Crippen LogP contribution in [0.3, 0.4) is 0 Å². The number of nitrogens with zero attached hydrogens (tertiary/aromatic N) is 3. The molecule has 0 atom stereocenters. The molecule has 1 N–H and O–H groups in total. The zero-order valence-electron chi connectivity index (χ0n) is 9.68. The molecule has 19 heavy (non-hydrogen) atoms. The summed E-state index contributed by atoms with van der Waals surface area (Å²) in [5.41, 5.74) is 0.0564. The number of aryl methyl sites for hydroxylation is 1. The normalized spacial score (nSPS) is 10.5. The molecule has 0 saturated carbocycles. The van der Waals surface area contributed by atoms with Crippen molar-refractivity contribution in [1.82, 2.24) is 10.1 Å². The molecule has 2 aromatic rings. The Bertz CT molecular complexity index is 629. The Morgan fingerprint density at radius 1 is 1.42 bits per heavy atom. The Hall–Kier alpha value is -1.86. The van der Waals surface area contributed by atoms with E-state index < -0.39 is 4.92 Å². The molecular formula is C10H8Cl2N4O3. The summed E-state index contributed by atoms with van der Waals surface area (Å²) in [5, 5.41) is 17.7. The highest BCUT2D eigenvalue weighted by Crippen LogP contribution is 2.34. The smallest absolute Gasteiger partial charge is 0.293 e. The topological polar surface area (TPSA) is 94.1 Å². The lowest BCUT2D eigenvalue weighted by Gasteiger charge is -2.06. The summed E-state index contributed by atoms with van der Waals surface area (Å²) in [6.45, 7) is 1.83. The van der Waals surface area contributed by atoms with Crippen LogP contribution in [0.1, 0.15) is 11.7 Å². The second-order valence-electron chi connectivity index (χ2n) is 3.63. The predicted octanol–water partition coefficient (Wildman–Crippen LogP) is 3.21. The summed E-state index contributed by atoms with van der Waals surface area (Å²) < 4.78 is 4.89. The van der Waals surface area contributed by atoms with Gasteiger partial charge in [0.05, 0.1) is 21.5 Å². The van der Waals surface area contributed by atoms with E-state index in [0.29, 0.717) is 11.7 Å². The van der Waals surface area contributed by atoms with Crippen LogP contribution in [-0.4, -0.2) is 15.1 Å². The highest BCUT2D eigenvalue weighted by Gasteiger charge is 2.17. The number of halogens is 2. The van der Waals surface area contributed by atoms with Gasteiger partial charge < -0.3 is 9.84 Å². The Morgan fingerprint density at radius 2 is 2.11 bits per heavy atom. The molecule has 0 amide bonds. The van der Waals surface area contributed by atoms with Crippen molar-refractivity contribution < 1.29 is 9.45 Å². The van der Waals surface area contributed by atoms with Crippen molar-refractivity contribution in [3.8, 4) is 0 Å². The number of hydrogen-bond acceptors (Lipinski definition) is 6. The lowest BCUT2D eigenvalue weighted by Crippen LogP contribution is -2.03. The van der Waals surface area contributed by atoms with E-state index in [0.717, 1.165) is 0 Å². The third-order valence-electron chi connectivity index (χ3n) is 2.24. The second kappa shape index (κ2) is 5.41. The van der Waals surface area contributed by atoms with Crippen LogP contribution in [0.4, 0.5) is 11.4 Å². The molecular weight excluding hydrogens is 295 g/mol. The predicted molar refractivity (Wildman–Crippen MR) is 69.5 cm³/mol. The van der Waals surface area contributed by atoms with Crippen LogP contribution >= 0.6 is 23.2 Å². The van der Waals surface area contributed by atoms with Crippen LogP contribution in [-0.2, 0) is 6.54 Å². The van der Waals surface area contributed by atoms with Gasteiger partial charge in [-0.1, -0.05) is 28.4 Å². The molecule has 0 saturated heterocycles. The van der Waals surface area contributed by atoms with E-state index in [-0.39, 0.29) is 28.0 Å². The maximum Gasteiger partial charge on any atom is 0.293 e. The number of nitrogens with one attached hydrogen (secondary N) is 1. The van der Waals surface area contributed by atoms with Gasteiger partial charge in [-0.25, -0.2) is 0 Å². The van der Waals surface area contributed by atoms with Crippen molar-refractivity contribution in [2.24, 2.45) is 0 Å². The minimum absolute atomic E-state index is 0.118.